The minimum atomic E-state index is -0.404. The van der Waals surface area contributed by atoms with Crippen molar-refractivity contribution >= 4 is 23.3 Å². The predicted molar refractivity (Wildman–Crippen MR) is 104 cm³/mol. The number of benzene rings is 1. The number of aryl methyl sites for hydroxylation is 1. The number of carbonyl (C=O) groups is 2. The molecule has 0 aliphatic heterocycles. The summed E-state index contributed by atoms with van der Waals surface area (Å²) >= 11 is 0. The molecule has 0 saturated heterocycles. The van der Waals surface area contributed by atoms with Crippen LogP contribution in [-0.4, -0.2) is 29.7 Å². The lowest BCUT2D eigenvalue weighted by molar-refractivity contribution is -0.118. The lowest BCUT2D eigenvalue weighted by atomic mass is 9.90. The van der Waals surface area contributed by atoms with Gasteiger partial charge in [-0.3, -0.25) is 4.79 Å². The second-order valence-corrected chi connectivity index (χ2v) is 8.03. The molecule has 4 N–H and O–H groups in total. The SMILES string of the molecule is Cc1ccc(NC(=O)C(C)C)cc1NC(=O)NCC1([C@@H](O)C(C)C)CC1. The van der Waals surface area contributed by atoms with Gasteiger partial charge in [0.25, 0.3) is 0 Å². The molecule has 0 heterocycles. The molecule has 1 saturated carbocycles. The summed E-state index contributed by atoms with van der Waals surface area (Å²) in [6.45, 7) is 10.00. The summed E-state index contributed by atoms with van der Waals surface area (Å²) in [5, 5.41) is 18.9. The van der Waals surface area contributed by atoms with Crippen LogP contribution in [0.3, 0.4) is 0 Å². The zero-order valence-corrected chi connectivity index (χ0v) is 16.3. The Labute approximate surface area is 155 Å². The minimum Gasteiger partial charge on any atom is -0.392 e. The van der Waals surface area contributed by atoms with Crippen LogP contribution in [-0.2, 0) is 4.79 Å². The van der Waals surface area contributed by atoms with Gasteiger partial charge in [0.2, 0.25) is 5.91 Å². The van der Waals surface area contributed by atoms with Gasteiger partial charge in [0.15, 0.2) is 0 Å². The van der Waals surface area contributed by atoms with E-state index in [0.29, 0.717) is 17.9 Å². The first kappa shape index (κ1) is 20.2. The van der Waals surface area contributed by atoms with Gasteiger partial charge in [-0.1, -0.05) is 33.8 Å². The van der Waals surface area contributed by atoms with Crippen LogP contribution in [0.2, 0.25) is 0 Å². The van der Waals surface area contributed by atoms with E-state index in [1.54, 1.807) is 6.07 Å². The quantitative estimate of drug-likeness (QED) is 0.599. The van der Waals surface area contributed by atoms with E-state index in [1.807, 2.05) is 46.8 Å². The predicted octanol–water partition coefficient (Wildman–Crippen LogP) is 3.51. The number of urea groups is 1. The number of nitrogens with one attached hydrogen (secondary N) is 3. The van der Waals surface area contributed by atoms with E-state index >= 15 is 0 Å². The van der Waals surface area contributed by atoms with E-state index in [-0.39, 0.29) is 29.2 Å². The minimum absolute atomic E-state index is 0.0670. The zero-order chi connectivity index (χ0) is 19.5. The summed E-state index contributed by atoms with van der Waals surface area (Å²) in [7, 11) is 0. The smallest absolute Gasteiger partial charge is 0.319 e. The average Bonchev–Trinajstić information content (AvgIpc) is 3.36. The number of amides is 3. The Morgan fingerprint density at radius 1 is 1.15 bits per heavy atom. The van der Waals surface area contributed by atoms with Crippen molar-refractivity contribution in [1.82, 2.24) is 5.32 Å². The first-order chi connectivity index (χ1) is 12.1. The maximum Gasteiger partial charge on any atom is 0.319 e. The van der Waals surface area contributed by atoms with E-state index in [2.05, 4.69) is 16.0 Å². The third-order valence-electron chi connectivity index (χ3n) is 5.03. The van der Waals surface area contributed by atoms with Crippen LogP contribution >= 0.6 is 0 Å². The zero-order valence-electron chi connectivity index (χ0n) is 16.3. The second kappa shape index (κ2) is 8.08. The molecule has 0 unspecified atom stereocenters. The highest BCUT2D eigenvalue weighted by atomic mass is 16.3. The lowest BCUT2D eigenvalue weighted by Crippen LogP contribution is -2.40. The number of aliphatic hydroxyl groups is 1. The van der Waals surface area contributed by atoms with Crippen LogP contribution in [0.1, 0.15) is 46.1 Å². The molecule has 6 nitrogen and oxygen atoms in total. The van der Waals surface area contributed by atoms with E-state index in [0.717, 1.165) is 18.4 Å². The highest BCUT2D eigenvalue weighted by Crippen LogP contribution is 2.50. The van der Waals surface area contributed by atoms with Crippen molar-refractivity contribution in [3.63, 3.8) is 0 Å². The van der Waals surface area contributed by atoms with Crippen molar-refractivity contribution in [2.24, 2.45) is 17.3 Å². The molecule has 0 aromatic heterocycles. The average molecular weight is 361 g/mol. The van der Waals surface area contributed by atoms with Crippen LogP contribution in [0.15, 0.2) is 18.2 Å². The highest BCUT2D eigenvalue weighted by Gasteiger charge is 2.49. The number of aliphatic hydroxyl groups excluding tert-OH is 1. The van der Waals surface area contributed by atoms with Crippen molar-refractivity contribution in [1.29, 1.82) is 0 Å². The standard InChI is InChI=1S/C20H31N3O3/c1-12(2)17(24)20(8-9-20)11-21-19(26)23-16-10-15(7-6-14(16)5)22-18(25)13(3)4/h6-7,10,12-13,17,24H,8-9,11H2,1-5H3,(H,22,25)(H2,21,23,26)/t17-/m0/s1. The molecule has 1 fully saturated rings. The largest absolute Gasteiger partial charge is 0.392 e. The summed E-state index contributed by atoms with van der Waals surface area (Å²) in [5.41, 5.74) is 2.02. The van der Waals surface area contributed by atoms with Crippen molar-refractivity contribution < 1.29 is 14.7 Å². The lowest BCUT2D eigenvalue weighted by Gasteiger charge is -2.25. The van der Waals surface area contributed by atoms with Gasteiger partial charge >= 0.3 is 6.03 Å². The van der Waals surface area contributed by atoms with Gasteiger partial charge in [0, 0.05) is 29.3 Å². The van der Waals surface area contributed by atoms with E-state index in [4.69, 9.17) is 0 Å². The van der Waals surface area contributed by atoms with Crippen LogP contribution in [0.25, 0.3) is 0 Å². The van der Waals surface area contributed by atoms with Crippen molar-refractivity contribution in [3.05, 3.63) is 23.8 Å². The van der Waals surface area contributed by atoms with E-state index in [9.17, 15) is 14.7 Å². The van der Waals surface area contributed by atoms with Gasteiger partial charge in [-0.2, -0.15) is 0 Å². The summed E-state index contributed by atoms with van der Waals surface area (Å²) < 4.78 is 0. The number of hydrogen-bond donors (Lipinski definition) is 4. The summed E-state index contributed by atoms with van der Waals surface area (Å²) in [5.74, 6) is -0.00779. The molecule has 0 radical (unpaired) electrons. The first-order valence-corrected chi connectivity index (χ1v) is 9.29. The van der Waals surface area contributed by atoms with E-state index in [1.165, 1.54) is 0 Å². The molecule has 0 spiro atoms. The molecule has 26 heavy (non-hydrogen) atoms. The van der Waals surface area contributed by atoms with Crippen molar-refractivity contribution in [2.75, 3.05) is 17.2 Å². The van der Waals surface area contributed by atoms with Gasteiger partial charge in [-0.05, 0) is 43.4 Å². The Kier molecular flexibility index (Phi) is 6.29. The molecule has 1 aromatic rings. The maximum absolute atomic E-state index is 12.3. The van der Waals surface area contributed by atoms with Crippen LogP contribution < -0.4 is 16.0 Å². The van der Waals surface area contributed by atoms with Gasteiger partial charge < -0.3 is 21.1 Å². The molecule has 0 bridgehead atoms. The molecule has 6 heteroatoms. The molecule has 1 atom stereocenters. The summed E-state index contributed by atoms with van der Waals surface area (Å²) in [6, 6.07) is 5.13. The Hall–Kier alpha value is -2.08. The van der Waals surface area contributed by atoms with Gasteiger partial charge in [0.05, 0.1) is 6.10 Å². The number of carbonyl (C=O) groups excluding carboxylic acids is 2. The molecular weight excluding hydrogens is 330 g/mol. The normalized spacial score (nSPS) is 16.3. The molecule has 1 aromatic carbocycles. The Morgan fingerprint density at radius 2 is 1.81 bits per heavy atom. The second-order valence-electron chi connectivity index (χ2n) is 8.03. The topological polar surface area (TPSA) is 90.5 Å². The van der Waals surface area contributed by atoms with Gasteiger partial charge in [-0.15, -0.1) is 0 Å². The van der Waals surface area contributed by atoms with Crippen LogP contribution in [0.4, 0.5) is 16.2 Å². The molecule has 1 aliphatic rings. The van der Waals surface area contributed by atoms with Crippen molar-refractivity contribution in [3.8, 4) is 0 Å². The first-order valence-electron chi connectivity index (χ1n) is 9.29. The molecule has 2 rings (SSSR count). The Balaban J connectivity index is 1.95. The van der Waals surface area contributed by atoms with Crippen LogP contribution in [0.5, 0.6) is 0 Å². The van der Waals surface area contributed by atoms with Crippen molar-refractivity contribution in [2.45, 2.75) is 53.6 Å². The third kappa shape index (κ3) is 4.97. The monoisotopic (exact) mass is 361 g/mol. The summed E-state index contributed by atoms with van der Waals surface area (Å²) in [6.07, 6.45) is 1.46. The summed E-state index contributed by atoms with van der Waals surface area (Å²) in [4.78, 5) is 24.1. The number of anilines is 2. The van der Waals surface area contributed by atoms with E-state index < -0.39 is 6.10 Å². The number of hydrogen-bond acceptors (Lipinski definition) is 3. The van der Waals surface area contributed by atoms with Crippen LogP contribution in [0, 0.1) is 24.2 Å². The molecular formula is C20H31N3O3. The fraction of sp³-hybridized carbons (Fsp3) is 0.600. The third-order valence-corrected chi connectivity index (χ3v) is 5.03. The molecule has 144 valence electrons. The maximum atomic E-state index is 12.3. The van der Waals surface area contributed by atoms with Gasteiger partial charge in [-0.25, -0.2) is 4.79 Å². The molecule has 1 aliphatic carbocycles. The number of rotatable bonds is 7. The molecule has 3 amide bonds. The highest BCUT2D eigenvalue weighted by molar-refractivity contribution is 5.94. The Bertz CT molecular complexity index is 666. The fourth-order valence-corrected chi connectivity index (χ4v) is 2.99. The fourth-order valence-electron chi connectivity index (χ4n) is 2.99. The van der Waals surface area contributed by atoms with Gasteiger partial charge in [0.1, 0.15) is 0 Å². The Morgan fingerprint density at radius 3 is 2.35 bits per heavy atom.